The lowest BCUT2D eigenvalue weighted by atomic mass is 10.1. The average Bonchev–Trinajstić information content (AvgIpc) is 2.81. The Morgan fingerprint density at radius 1 is 0.972 bits per heavy atom. The minimum atomic E-state index is -4.33. The van der Waals surface area contributed by atoms with Crippen LogP contribution in [0.3, 0.4) is 0 Å². The van der Waals surface area contributed by atoms with Gasteiger partial charge in [0.2, 0.25) is 0 Å². The van der Waals surface area contributed by atoms with Crippen LogP contribution >= 0.6 is 0 Å². The molecule has 0 bridgehead atoms. The van der Waals surface area contributed by atoms with Gasteiger partial charge in [-0.25, -0.2) is 13.2 Å². The average molecular weight is 527 g/mol. The highest BCUT2D eigenvalue weighted by Crippen LogP contribution is 2.27. The van der Waals surface area contributed by atoms with Crippen molar-refractivity contribution in [2.24, 2.45) is 0 Å². The summed E-state index contributed by atoms with van der Waals surface area (Å²) < 4.78 is 49.6. The third kappa shape index (κ3) is 6.90. The van der Waals surface area contributed by atoms with Crippen molar-refractivity contribution in [3.05, 3.63) is 89.1 Å². The summed E-state index contributed by atoms with van der Waals surface area (Å²) in [6.07, 6.45) is 3.75. The summed E-state index contributed by atoms with van der Waals surface area (Å²) in [5, 5.41) is 0.974. The number of hydrogen-bond donors (Lipinski definition) is 1. The van der Waals surface area contributed by atoms with Crippen molar-refractivity contribution in [1.29, 1.82) is 0 Å². The molecule has 36 heavy (non-hydrogen) atoms. The number of rotatable bonds is 6. The zero-order valence-electron chi connectivity index (χ0n) is 20.9. The third-order valence-electron chi connectivity index (χ3n) is 5.45. The molecule has 9 heteroatoms. The molecule has 0 aliphatic carbocycles. The van der Waals surface area contributed by atoms with Crippen LogP contribution in [0.2, 0.25) is 0 Å². The van der Waals surface area contributed by atoms with E-state index in [1.807, 2.05) is 37.4 Å². The normalized spacial score (nSPS) is 11.9. The molecule has 0 radical (unpaired) electrons. The SMILES string of the molecule is COc1ccc2c(OCc3ccc(S(C)=[NH2+])cc3)ccnc2c1.Cc1cc(C)c(S(=O)(=O)[O-])c(C)c1. The molecule has 1 aromatic heterocycles. The topological polar surface area (TPSA) is 114 Å². The Balaban J connectivity index is 0.000000236. The summed E-state index contributed by atoms with van der Waals surface area (Å²) in [5.41, 5.74) is 3.97. The number of ether oxygens (including phenoxy) is 2. The van der Waals surface area contributed by atoms with Gasteiger partial charge in [-0.3, -0.25) is 4.98 Å². The molecular weight excluding hydrogens is 496 g/mol. The van der Waals surface area contributed by atoms with Crippen molar-refractivity contribution in [3.8, 4) is 11.5 Å². The van der Waals surface area contributed by atoms with E-state index in [0.717, 1.165) is 38.4 Å². The fourth-order valence-corrected chi connectivity index (χ4v) is 5.35. The number of nitrogens with zero attached hydrogens (tertiary/aromatic N) is 1. The first kappa shape index (κ1) is 27.3. The van der Waals surface area contributed by atoms with Crippen LogP contribution in [0.1, 0.15) is 22.3 Å². The standard InChI is InChI=1S/C18H18N2O2S.C9H12O3S/c1-21-14-5-8-16-17(11-14)20-10-9-18(16)22-12-13-3-6-15(7-4-13)23(2)19;1-6-4-7(2)9(8(3)5-6)13(10,11)12/h3-11,19H,12H2,1-2H3;4-5H,1-3H3,(H,10,11,12). The van der Waals surface area contributed by atoms with Crippen molar-refractivity contribution in [1.82, 2.24) is 4.98 Å². The molecule has 0 amide bonds. The second kappa shape index (κ2) is 11.6. The van der Waals surface area contributed by atoms with Gasteiger partial charge in [0, 0.05) is 23.9 Å². The molecule has 0 aliphatic rings. The van der Waals surface area contributed by atoms with Gasteiger partial charge in [0.1, 0.15) is 28.2 Å². The van der Waals surface area contributed by atoms with Crippen molar-refractivity contribution in [2.45, 2.75) is 37.2 Å². The van der Waals surface area contributed by atoms with Crippen LogP contribution in [0.15, 0.2) is 76.7 Å². The van der Waals surface area contributed by atoms with Gasteiger partial charge in [0.15, 0.2) is 0 Å². The molecule has 0 spiro atoms. The van der Waals surface area contributed by atoms with Gasteiger partial charge in [0.25, 0.3) is 0 Å². The minimum Gasteiger partial charge on any atom is -0.744 e. The maximum absolute atomic E-state index is 10.8. The fraction of sp³-hybridized carbons (Fsp3) is 0.222. The Morgan fingerprint density at radius 2 is 1.61 bits per heavy atom. The monoisotopic (exact) mass is 526 g/mol. The minimum absolute atomic E-state index is 0.0851. The van der Waals surface area contributed by atoms with E-state index in [9.17, 15) is 13.0 Å². The Morgan fingerprint density at radius 3 is 2.17 bits per heavy atom. The molecule has 0 saturated heterocycles. The van der Waals surface area contributed by atoms with Gasteiger partial charge in [-0.05, 0) is 67.8 Å². The Bertz CT molecular complexity index is 1480. The molecule has 4 rings (SSSR count). The van der Waals surface area contributed by atoms with E-state index in [1.165, 1.54) is 0 Å². The van der Waals surface area contributed by atoms with Gasteiger partial charge in [-0.1, -0.05) is 29.8 Å². The Kier molecular flexibility index (Phi) is 8.84. The van der Waals surface area contributed by atoms with E-state index < -0.39 is 10.1 Å². The summed E-state index contributed by atoms with van der Waals surface area (Å²) >= 11 is 0. The number of benzene rings is 3. The Hall–Kier alpha value is -3.27. The van der Waals surface area contributed by atoms with Crippen LogP contribution in [-0.4, -0.2) is 31.3 Å². The molecule has 0 aliphatic heterocycles. The van der Waals surface area contributed by atoms with Crippen molar-refractivity contribution < 1.29 is 27.2 Å². The first-order valence-electron chi connectivity index (χ1n) is 11.1. The maximum atomic E-state index is 10.8. The van der Waals surface area contributed by atoms with Gasteiger partial charge in [-0.15, -0.1) is 0 Å². The summed E-state index contributed by atoms with van der Waals surface area (Å²) in [6, 6.07) is 19.3. The fourth-order valence-electron chi connectivity index (χ4n) is 3.88. The summed E-state index contributed by atoms with van der Waals surface area (Å²) in [7, 11) is -2.89. The largest absolute Gasteiger partial charge is 0.744 e. The number of nitrogens with two attached hydrogens (primary N) is 1. The van der Waals surface area contributed by atoms with Gasteiger partial charge in [0.05, 0.1) is 33.1 Å². The lowest BCUT2D eigenvalue weighted by Gasteiger charge is -2.14. The van der Waals surface area contributed by atoms with E-state index in [0.29, 0.717) is 17.7 Å². The van der Waals surface area contributed by atoms with Crippen LogP contribution in [0.5, 0.6) is 11.5 Å². The molecule has 2 N–H and O–H groups in total. The molecule has 1 unspecified atom stereocenters. The number of aromatic nitrogens is 1. The zero-order chi connectivity index (χ0) is 26.5. The number of aryl methyl sites for hydroxylation is 3. The van der Waals surface area contributed by atoms with Crippen molar-refractivity contribution in [2.75, 3.05) is 13.4 Å². The second-order valence-corrected chi connectivity index (χ2v) is 11.3. The van der Waals surface area contributed by atoms with E-state index in [-0.39, 0.29) is 15.6 Å². The van der Waals surface area contributed by atoms with E-state index >= 15 is 0 Å². The van der Waals surface area contributed by atoms with Crippen LogP contribution < -0.4 is 14.3 Å². The van der Waals surface area contributed by atoms with Gasteiger partial charge >= 0.3 is 0 Å². The van der Waals surface area contributed by atoms with E-state index in [2.05, 4.69) is 29.2 Å². The quantitative estimate of drug-likeness (QED) is 0.381. The molecule has 1 heterocycles. The summed E-state index contributed by atoms with van der Waals surface area (Å²) in [6.45, 7) is 5.63. The molecule has 3 aromatic carbocycles. The van der Waals surface area contributed by atoms with Crippen LogP contribution in [0, 0.1) is 20.8 Å². The lowest BCUT2D eigenvalue weighted by Crippen LogP contribution is -2.33. The van der Waals surface area contributed by atoms with Gasteiger partial charge in [-0.2, -0.15) is 0 Å². The first-order chi connectivity index (χ1) is 17.0. The van der Waals surface area contributed by atoms with Crippen LogP contribution in [0.4, 0.5) is 0 Å². The van der Waals surface area contributed by atoms with Crippen molar-refractivity contribution in [3.63, 3.8) is 0 Å². The summed E-state index contributed by atoms with van der Waals surface area (Å²) in [4.78, 5) is 5.43. The van der Waals surface area contributed by atoms with E-state index in [1.54, 1.807) is 39.3 Å². The highest BCUT2D eigenvalue weighted by atomic mass is 32.2. The predicted octanol–water partition coefficient (Wildman–Crippen LogP) is 3.89. The third-order valence-corrected chi connectivity index (χ3v) is 7.61. The lowest BCUT2D eigenvalue weighted by molar-refractivity contribution is -0.0750. The second-order valence-electron chi connectivity index (χ2n) is 8.36. The van der Waals surface area contributed by atoms with Crippen LogP contribution in [-0.2, 0) is 27.4 Å². The molecule has 190 valence electrons. The smallest absolute Gasteiger partial charge is 0.130 e. The van der Waals surface area contributed by atoms with Gasteiger partial charge < -0.3 is 14.0 Å². The molecule has 7 nitrogen and oxygen atoms in total. The highest BCUT2D eigenvalue weighted by Gasteiger charge is 2.09. The number of methoxy groups -OCH3 is 1. The molecule has 0 fully saturated rings. The van der Waals surface area contributed by atoms with E-state index in [4.69, 9.17) is 14.3 Å². The molecule has 4 aromatic rings. The zero-order valence-corrected chi connectivity index (χ0v) is 22.6. The van der Waals surface area contributed by atoms with Crippen molar-refractivity contribution >= 4 is 31.7 Å². The number of pyridine rings is 1. The number of hydrogen-bond acceptors (Lipinski definition) is 6. The maximum Gasteiger partial charge on any atom is 0.130 e. The van der Waals surface area contributed by atoms with Crippen LogP contribution in [0.25, 0.3) is 10.9 Å². The molecule has 0 saturated carbocycles. The molecular formula is C27H30N2O5S2. The summed E-state index contributed by atoms with van der Waals surface area (Å²) in [5.74, 6) is 1.60. The predicted molar refractivity (Wildman–Crippen MR) is 141 cm³/mol. The Labute approximate surface area is 214 Å². The highest BCUT2D eigenvalue weighted by molar-refractivity contribution is 7.85. The number of fused-ring (bicyclic) bond motifs is 1. The first-order valence-corrected chi connectivity index (χ1v) is 14.2. The molecule has 1 atom stereocenters.